The Morgan fingerprint density at radius 3 is 2.52 bits per heavy atom. The number of para-hydroxylation sites is 2. The lowest BCUT2D eigenvalue weighted by Crippen LogP contribution is -2.12. The van der Waals surface area contributed by atoms with Gasteiger partial charge in [0.25, 0.3) is 5.91 Å². The lowest BCUT2D eigenvalue weighted by Gasteiger charge is -2.11. The van der Waals surface area contributed by atoms with Crippen LogP contribution in [0.5, 0.6) is 0 Å². The summed E-state index contributed by atoms with van der Waals surface area (Å²) in [5.41, 5.74) is 2.62. The van der Waals surface area contributed by atoms with Gasteiger partial charge in [-0.3, -0.25) is 9.59 Å². The van der Waals surface area contributed by atoms with Crippen LogP contribution in [0.25, 0.3) is 11.3 Å². The largest absolute Gasteiger partial charge is 0.321 e. The number of aromatic nitrogens is 1. The van der Waals surface area contributed by atoms with Crippen molar-refractivity contribution in [2.75, 3.05) is 5.32 Å². The molecule has 0 saturated heterocycles. The third-order valence-electron chi connectivity index (χ3n) is 5.03. The van der Waals surface area contributed by atoms with Gasteiger partial charge in [0.15, 0.2) is 0 Å². The van der Waals surface area contributed by atoms with Crippen LogP contribution >= 0.6 is 0 Å². The molecule has 2 aromatic carbocycles. The van der Waals surface area contributed by atoms with E-state index in [1.54, 1.807) is 66.9 Å². The van der Waals surface area contributed by atoms with Gasteiger partial charge in [-0.15, -0.1) is 0 Å². The molecular weight excluding hydrogens is 369 g/mol. The van der Waals surface area contributed by atoms with Gasteiger partial charge >= 0.3 is 0 Å². The summed E-state index contributed by atoms with van der Waals surface area (Å²) in [6.45, 7) is 3.45. The molecule has 1 aliphatic heterocycles. The Hall–Kier alpha value is -3.98. The average Bonchev–Trinajstić information content (AvgIpc) is 3.19. The highest BCUT2D eigenvalue weighted by atomic mass is 19.1. The fourth-order valence-electron chi connectivity index (χ4n) is 3.72. The van der Waals surface area contributed by atoms with Gasteiger partial charge in [0.05, 0.1) is 11.3 Å². The Labute approximate surface area is 166 Å². The van der Waals surface area contributed by atoms with E-state index in [1.807, 2.05) is 6.07 Å². The highest BCUT2D eigenvalue weighted by molar-refractivity contribution is 6.37. The molecule has 0 radical (unpaired) electrons. The second kappa shape index (κ2) is 6.88. The molecule has 1 N–H and O–H groups in total. The summed E-state index contributed by atoms with van der Waals surface area (Å²) in [5.74, 6) is -1.47. The summed E-state index contributed by atoms with van der Waals surface area (Å²) < 4.78 is 15.9. The van der Waals surface area contributed by atoms with Crippen molar-refractivity contribution in [2.24, 2.45) is 0 Å². The summed E-state index contributed by atoms with van der Waals surface area (Å²) >= 11 is 0. The maximum absolute atomic E-state index is 14.3. The quantitative estimate of drug-likeness (QED) is 0.414. The average molecular weight is 385 g/mol. The molecule has 142 valence electrons. The molecule has 5 nitrogen and oxygen atoms in total. The van der Waals surface area contributed by atoms with Crippen LogP contribution in [0, 0.1) is 31.0 Å². The van der Waals surface area contributed by atoms with Crippen molar-refractivity contribution in [3.63, 3.8) is 0 Å². The first-order valence-electron chi connectivity index (χ1n) is 8.97. The van der Waals surface area contributed by atoms with Crippen molar-refractivity contribution < 1.29 is 14.0 Å². The monoisotopic (exact) mass is 385 g/mol. The number of amides is 1. The summed E-state index contributed by atoms with van der Waals surface area (Å²) in [7, 11) is 0. The van der Waals surface area contributed by atoms with Gasteiger partial charge in [-0.05, 0) is 38.1 Å². The first-order valence-corrected chi connectivity index (χ1v) is 8.97. The zero-order valence-corrected chi connectivity index (χ0v) is 15.8. The van der Waals surface area contributed by atoms with E-state index >= 15 is 0 Å². The molecule has 0 bridgehead atoms. The van der Waals surface area contributed by atoms with E-state index in [9.17, 15) is 19.2 Å². The SMILES string of the molecule is Cc1cc(C(=O)/C(C#N)=C2/C(=O)Nc3ccccc32)c(C)n1-c1ccccc1F. The summed E-state index contributed by atoms with van der Waals surface area (Å²) in [5, 5.41) is 12.4. The Morgan fingerprint density at radius 2 is 1.79 bits per heavy atom. The molecule has 0 saturated carbocycles. The number of halogens is 1. The highest BCUT2D eigenvalue weighted by Gasteiger charge is 2.31. The van der Waals surface area contributed by atoms with Crippen LogP contribution in [-0.4, -0.2) is 16.3 Å². The first kappa shape index (κ1) is 18.4. The van der Waals surface area contributed by atoms with Gasteiger partial charge in [0.2, 0.25) is 5.78 Å². The Kier molecular flexibility index (Phi) is 4.36. The molecule has 0 unspecified atom stereocenters. The molecule has 0 fully saturated rings. The number of nitrogens with zero attached hydrogens (tertiary/aromatic N) is 2. The summed E-state index contributed by atoms with van der Waals surface area (Å²) in [4.78, 5) is 25.7. The number of nitriles is 1. The molecule has 4 rings (SSSR count). The minimum Gasteiger partial charge on any atom is -0.321 e. The van der Waals surface area contributed by atoms with E-state index in [4.69, 9.17) is 0 Å². The van der Waals surface area contributed by atoms with Crippen molar-refractivity contribution in [3.05, 3.63) is 88.5 Å². The van der Waals surface area contributed by atoms with Crippen LogP contribution in [0.4, 0.5) is 10.1 Å². The molecule has 1 aromatic heterocycles. The molecule has 29 heavy (non-hydrogen) atoms. The highest BCUT2D eigenvalue weighted by Crippen LogP contribution is 2.35. The van der Waals surface area contributed by atoms with Crippen LogP contribution in [0.3, 0.4) is 0 Å². The zero-order chi connectivity index (χ0) is 20.7. The number of allylic oxidation sites excluding steroid dienone is 1. The predicted molar refractivity (Wildman–Crippen MR) is 107 cm³/mol. The number of ketones is 1. The second-order valence-electron chi connectivity index (χ2n) is 6.76. The Bertz CT molecular complexity index is 1260. The van der Waals surface area contributed by atoms with E-state index in [2.05, 4.69) is 5.32 Å². The Balaban J connectivity index is 1.88. The molecule has 1 aliphatic rings. The predicted octanol–water partition coefficient (Wildman–Crippen LogP) is 4.35. The Morgan fingerprint density at radius 1 is 1.10 bits per heavy atom. The lowest BCUT2D eigenvalue weighted by atomic mass is 9.95. The van der Waals surface area contributed by atoms with Crippen molar-refractivity contribution >= 4 is 23.0 Å². The number of Topliss-reactive ketones (excluding diaryl/α,β-unsaturated/α-hetero) is 1. The molecule has 1 amide bonds. The molecule has 0 atom stereocenters. The van der Waals surface area contributed by atoms with E-state index in [-0.39, 0.29) is 16.7 Å². The number of benzene rings is 2. The number of nitrogens with one attached hydrogen (secondary N) is 1. The number of aryl methyl sites for hydroxylation is 1. The van der Waals surface area contributed by atoms with Crippen molar-refractivity contribution in [1.82, 2.24) is 4.57 Å². The van der Waals surface area contributed by atoms with E-state index < -0.39 is 17.5 Å². The van der Waals surface area contributed by atoms with Gasteiger partial charge in [-0.25, -0.2) is 4.39 Å². The standard InChI is InChI=1S/C23H16FN3O2/c1-13-11-16(14(2)27(13)20-10-6-4-8-18(20)24)22(28)17(12-25)21-15-7-3-5-9-19(15)26-23(21)29/h3-11H,1-2H3,(H,26,29)/b21-17+. The van der Waals surface area contributed by atoms with Gasteiger partial charge in [0.1, 0.15) is 17.5 Å². The maximum atomic E-state index is 14.3. The van der Waals surface area contributed by atoms with Gasteiger partial charge in [0, 0.05) is 28.2 Å². The second-order valence-corrected chi connectivity index (χ2v) is 6.76. The summed E-state index contributed by atoms with van der Waals surface area (Å²) in [6, 6.07) is 16.7. The van der Waals surface area contributed by atoms with Gasteiger partial charge < -0.3 is 9.88 Å². The third kappa shape index (κ3) is 2.84. The lowest BCUT2D eigenvalue weighted by molar-refractivity contribution is -0.110. The number of hydrogen-bond donors (Lipinski definition) is 1. The molecule has 3 aromatic rings. The number of fused-ring (bicyclic) bond motifs is 1. The van der Waals surface area contributed by atoms with E-state index in [0.29, 0.717) is 28.3 Å². The number of anilines is 1. The van der Waals surface area contributed by atoms with Crippen LogP contribution < -0.4 is 5.32 Å². The maximum Gasteiger partial charge on any atom is 0.257 e. The fourth-order valence-corrected chi connectivity index (χ4v) is 3.72. The fraction of sp³-hybridized carbons (Fsp3) is 0.0870. The molecule has 0 spiro atoms. The first-order chi connectivity index (χ1) is 13.9. The molecule has 2 heterocycles. The topological polar surface area (TPSA) is 74.9 Å². The molecule has 0 aliphatic carbocycles. The van der Waals surface area contributed by atoms with Gasteiger partial charge in [-0.2, -0.15) is 5.26 Å². The van der Waals surface area contributed by atoms with Crippen molar-refractivity contribution in [3.8, 4) is 11.8 Å². The normalized spacial score (nSPS) is 14.2. The third-order valence-corrected chi connectivity index (χ3v) is 5.03. The van der Waals surface area contributed by atoms with Crippen LogP contribution in [0.1, 0.15) is 27.3 Å². The van der Waals surface area contributed by atoms with Crippen molar-refractivity contribution in [2.45, 2.75) is 13.8 Å². The van der Waals surface area contributed by atoms with Crippen LogP contribution in [-0.2, 0) is 4.79 Å². The number of hydrogen-bond acceptors (Lipinski definition) is 3. The zero-order valence-electron chi connectivity index (χ0n) is 15.8. The van der Waals surface area contributed by atoms with Crippen molar-refractivity contribution in [1.29, 1.82) is 5.26 Å². The number of carbonyl (C=O) groups excluding carboxylic acids is 2. The minimum absolute atomic E-state index is 0.0591. The molecule has 6 heteroatoms. The van der Waals surface area contributed by atoms with Crippen LogP contribution in [0.15, 0.2) is 60.2 Å². The van der Waals surface area contributed by atoms with Gasteiger partial charge in [-0.1, -0.05) is 30.3 Å². The van der Waals surface area contributed by atoms with E-state index in [1.165, 1.54) is 6.07 Å². The van der Waals surface area contributed by atoms with E-state index in [0.717, 1.165) is 0 Å². The number of rotatable bonds is 3. The summed E-state index contributed by atoms with van der Waals surface area (Å²) in [6.07, 6.45) is 0. The molecular formula is C23H16FN3O2. The minimum atomic E-state index is -0.565. The number of carbonyl (C=O) groups is 2. The van der Waals surface area contributed by atoms with Crippen LogP contribution in [0.2, 0.25) is 0 Å². The smallest absolute Gasteiger partial charge is 0.257 e.